The van der Waals surface area contributed by atoms with Crippen LogP contribution >= 0.6 is 15.9 Å². The zero-order valence-corrected chi connectivity index (χ0v) is 10.5. The third-order valence-corrected chi connectivity index (χ3v) is 3.64. The molecule has 1 aromatic carbocycles. The molecule has 1 amide bonds. The molecule has 90 valence electrons. The smallest absolute Gasteiger partial charge is 0.249 e. The van der Waals surface area contributed by atoms with Crippen LogP contribution in [0.3, 0.4) is 0 Å². The minimum atomic E-state index is -0.350. The van der Waals surface area contributed by atoms with E-state index in [1.54, 1.807) is 6.07 Å². The van der Waals surface area contributed by atoms with Crippen LogP contribution in [0.5, 0.6) is 0 Å². The summed E-state index contributed by atoms with van der Waals surface area (Å²) in [7, 11) is 0. The molecule has 2 aliphatic heterocycles. The minimum absolute atomic E-state index is 0.101. The molecule has 1 unspecified atom stereocenters. The molecule has 17 heavy (non-hydrogen) atoms. The van der Waals surface area contributed by atoms with E-state index in [4.69, 9.17) is 4.74 Å². The van der Waals surface area contributed by atoms with Crippen LogP contribution in [0.25, 0.3) is 0 Å². The summed E-state index contributed by atoms with van der Waals surface area (Å²) in [4.78, 5) is 13.7. The summed E-state index contributed by atoms with van der Waals surface area (Å²) < 4.78 is 19.2. The van der Waals surface area contributed by atoms with E-state index in [1.807, 2.05) is 4.90 Å². The maximum Gasteiger partial charge on any atom is 0.249 e. The lowest BCUT2D eigenvalue weighted by atomic mass is 10.1. The third-order valence-electron chi connectivity index (χ3n) is 3.04. The van der Waals surface area contributed by atoms with Gasteiger partial charge in [0, 0.05) is 12.6 Å². The van der Waals surface area contributed by atoms with Crippen LogP contribution in [0.15, 0.2) is 16.6 Å². The first-order chi connectivity index (χ1) is 8.16. The van der Waals surface area contributed by atoms with Crippen molar-refractivity contribution in [3.05, 3.63) is 22.4 Å². The highest BCUT2D eigenvalue weighted by Gasteiger charge is 2.35. The number of ether oxygens (including phenoxy) is 1. The molecular weight excluding hydrogens is 291 g/mol. The number of anilines is 2. The van der Waals surface area contributed by atoms with E-state index in [-0.39, 0.29) is 17.8 Å². The summed E-state index contributed by atoms with van der Waals surface area (Å²) in [5, 5.41) is 2.77. The van der Waals surface area contributed by atoms with E-state index in [2.05, 4.69) is 21.2 Å². The number of halogens is 2. The lowest BCUT2D eigenvalue weighted by Crippen LogP contribution is -2.54. The third kappa shape index (κ3) is 1.71. The van der Waals surface area contributed by atoms with E-state index in [9.17, 15) is 9.18 Å². The number of carbonyl (C=O) groups is 1. The molecule has 0 aliphatic carbocycles. The predicted molar refractivity (Wildman–Crippen MR) is 64.7 cm³/mol. The summed E-state index contributed by atoms with van der Waals surface area (Å²) in [5.74, 6) is -0.430. The highest BCUT2D eigenvalue weighted by atomic mass is 79.9. The molecule has 3 rings (SSSR count). The second-order valence-electron chi connectivity index (χ2n) is 4.06. The number of hydrogen-bond acceptors (Lipinski definition) is 3. The summed E-state index contributed by atoms with van der Waals surface area (Å²) >= 11 is 3.11. The number of carbonyl (C=O) groups excluding carboxylic acids is 1. The molecule has 1 saturated heterocycles. The van der Waals surface area contributed by atoms with Crippen molar-refractivity contribution in [1.82, 2.24) is 0 Å². The highest BCUT2D eigenvalue weighted by molar-refractivity contribution is 9.10. The van der Waals surface area contributed by atoms with E-state index in [1.165, 1.54) is 6.07 Å². The van der Waals surface area contributed by atoms with Gasteiger partial charge >= 0.3 is 0 Å². The van der Waals surface area contributed by atoms with Gasteiger partial charge in [-0.25, -0.2) is 4.39 Å². The quantitative estimate of drug-likeness (QED) is 0.794. The Hall–Kier alpha value is -1.14. The fraction of sp³-hybridized carbons (Fsp3) is 0.364. The first-order valence-electron chi connectivity index (χ1n) is 5.31. The van der Waals surface area contributed by atoms with Crippen LogP contribution in [0.1, 0.15) is 0 Å². The number of hydrogen-bond donors (Lipinski definition) is 1. The number of nitrogens with zero attached hydrogens (tertiary/aromatic N) is 1. The standard InChI is InChI=1S/C11H10BrFN2O2/c12-6-3-8-9(4-7(6)13)15-1-2-17-5-10(15)11(16)14-8/h3-4,10H,1-2,5H2,(H,14,16). The summed E-state index contributed by atoms with van der Waals surface area (Å²) in [6, 6.07) is 2.68. The number of nitrogens with one attached hydrogen (secondary N) is 1. The topological polar surface area (TPSA) is 41.6 Å². The molecule has 0 spiro atoms. The van der Waals surface area contributed by atoms with Gasteiger partial charge in [0.2, 0.25) is 5.91 Å². The Kier molecular flexibility index (Phi) is 2.56. The van der Waals surface area contributed by atoms with Crippen molar-refractivity contribution < 1.29 is 13.9 Å². The Balaban J connectivity index is 2.10. The van der Waals surface area contributed by atoms with Crippen LogP contribution < -0.4 is 10.2 Å². The molecule has 0 saturated carbocycles. The summed E-state index contributed by atoms with van der Waals surface area (Å²) in [6.45, 7) is 1.51. The van der Waals surface area contributed by atoms with Gasteiger partial charge in [-0.05, 0) is 22.0 Å². The Morgan fingerprint density at radius 2 is 2.35 bits per heavy atom. The number of benzene rings is 1. The zero-order valence-electron chi connectivity index (χ0n) is 8.87. The van der Waals surface area contributed by atoms with Crippen LogP contribution in [0.2, 0.25) is 0 Å². The number of fused-ring (bicyclic) bond motifs is 3. The molecular formula is C11H10BrFN2O2. The zero-order chi connectivity index (χ0) is 12.0. The fourth-order valence-corrected chi connectivity index (χ4v) is 2.54. The molecule has 4 nitrogen and oxygen atoms in total. The van der Waals surface area contributed by atoms with Crippen molar-refractivity contribution in [3.8, 4) is 0 Å². The van der Waals surface area contributed by atoms with Gasteiger partial charge in [0.05, 0.1) is 29.1 Å². The van der Waals surface area contributed by atoms with Gasteiger partial charge < -0.3 is 15.0 Å². The van der Waals surface area contributed by atoms with Gasteiger partial charge in [0.15, 0.2) is 0 Å². The SMILES string of the molecule is O=C1Nc2cc(Br)c(F)cc2N2CCOCC12. The molecule has 1 fully saturated rings. The van der Waals surface area contributed by atoms with Gasteiger partial charge in [0.25, 0.3) is 0 Å². The number of amides is 1. The van der Waals surface area contributed by atoms with Gasteiger partial charge in [0.1, 0.15) is 11.9 Å². The van der Waals surface area contributed by atoms with Crippen LogP contribution in [-0.2, 0) is 9.53 Å². The number of rotatable bonds is 0. The largest absolute Gasteiger partial charge is 0.377 e. The lowest BCUT2D eigenvalue weighted by Gasteiger charge is -2.40. The Morgan fingerprint density at radius 3 is 3.18 bits per heavy atom. The van der Waals surface area contributed by atoms with Gasteiger partial charge in [-0.3, -0.25) is 4.79 Å². The first kappa shape index (κ1) is 11.0. The molecule has 6 heteroatoms. The molecule has 2 heterocycles. The molecule has 1 N–H and O–H groups in total. The van der Waals surface area contributed by atoms with E-state index in [0.29, 0.717) is 29.9 Å². The average Bonchev–Trinajstić information content (AvgIpc) is 2.32. The van der Waals surface area contributed by atoms with Gasteiger partial charge in [-0.15, -0.1) is 0 Å². The molecule has 0 radical (unpaired) electrons. The Morgan fingerprint density at radius 1 is 1.53 bits per heavy atom. The maximum absolute atomic E-state index is 13.5. The fourth-order valence-electron chi connectivity index (χ4n) is 2.20. The second-order valence-corrected chi connectivity index (χ2v) is 4.91. The van der Waals surface area contributed by atoms with E-state index < -0.39 is 0 Å². The van der Waals surface area contributed by atoms with Crippen molar-refractivity contribution in [2.45, 2.75) is 6.04 Å². The number of morpholine rings is 1. The van der Waals surface area contributed by atoms with E-state index >= 15 is 0 Å². The van der Waals surface area contributed by atoms with Gasteiger partial charge in [-0.1, -0.05) is 0 Å². The maximum atomic E-state index is 13.5. The van der Waals surface area contributed by atoms with Crippen LogP contribution in [0, 0.1) is 5.82 Å². The van der Waals surface area contributed by atoms with Gasteiger partial charge in [-0.2, -0.15) is 0 Å². The molecule has 2 aliphatic rings. The Bertz CT molecular complexity index is 495. The van der Waals surface area contributed by atoms with Crippen molar-refractivity contribution in [2.24, 2.45) is 0 Å². The lowest BCUT2D eigenvalue weighted by molar-refractivity contribution is -0.119. The van der Waals surface area contributed by atoms with Crippen molar-refractivity contribution in [1.29, 1.82) is 0 Å². The molecule has 1 atom stereocenters. The van der Waals surface area contributed by atoms with E-state index in [0.717, 1.165) is 5.69 Å². The van der Waals surface area contributed by atoms with Crippen molar-refractivity contribution in [2.75, 3.05) is 30.0 Å². The second kappa shape index (κ2) is 3.96. The van der Waals surface area contributed by atoms with Crippen LogP contribution in [0.4, 0.5) is 15.8 Å². The predicted octanol–water partition coefficient (Wildman–Crippen LogP) is 1.75. The summed E-state index contributed by atoms with van der Waals surface area (Å²) in [6.07, 6.45) is 0. The van der Waals surface area contributed by atoms with Crippen molar-refractivity contribution >= 4 is 33.2 Å². The minimum Gasteiger partial charge on any atom is -0.377 e. The molecule has 1 aromatic rings. The Labute approximate surface area is 106 Å². The summed E-state index contributed by atoms with van der Waals surface area (Å²) in [5.41, 5.74) is 1.36. The molecule has 0 bridgehead atoms. The monoisotopic (exact) mass is 300 g/mol. The molecule has 0 aromatic heterocycles. The normalized spacial score (nSPS) is 22.8. The first-order valence-corrected chi connectivity index (χ1v) is 6.10. The highest BCUT2D eigenvalue weighted by Crippen LogP contribution is 2.36. The average molecular weight is 301 g/mol. The van der Waals surface area contributed by atoms with Crippen molar-refractivity contribution in [3.63, 3.8) is 0 Å². The van der Waals surface area contributed by atoms with Crippen LogP contribution in [-0.4, -0.2) is 31.7 Å².